The Labute approximate surface area is 145 Å². The molecule has 4 nitrogen and oxygen atoms in total. The van der Waals surface area contributed by atoms with Crippen LogP contribution < -0.4 is 5.69 Å². The van der Waals surface area contributed by atoms with Crippen molar-refractivity contribution in [2.24, 2.45) is 13.0 Å². The third-order valence-corrected chi connectivity index (χ3v) is 10.6. The summed E-state index contributed by atoms with van der Waals surface area (Å²) >= 11 is 0. The topological polar surface area (TPSA) is 47.0 Å². The second kappa shape index (κ2) is 5.88. The van der Waals surface area contributed by atoms with Crippen molar-refractivity contribution in [3.8, 4) is 0 Å². The number of imidazole rings is 1. The quantitative estimate of drug-likeness (QED) is 0.835. The molecule has 2 aromatic rings. The van der Waals surface area contributed by atoms with Gasteiger partial charge in [0.2, 0.25) is 0 Å². The Morgan fingerprint density at radius 1 is 1.29 bits per heavy atom. The van der Waals surface area contributed by atoms with Crippen molar-refractivity contribution in [1.29, 1.82) is 0 Å². The molecule has 1 saturated carbocycles. The molecule has 1 aromatic carbocycles. The minimum Gasteiger partial charge on any atom is -0.417 e. The van der Waals surface area contributed by atoms with E-state index in [1.165, 1.54) is 5.56 Å². The Kier molecular flexibility index (Phi) is 4.29. The maximum atomic E-state index is 11.9. The number of H-pyrrole nitrogens is 1. The third kappa shape index (κ3) is 2.99. The fourth-order valence-corrected chi connectivity index (χ4v) is 4.42. The molecule has 0 unspecified atom stereocenters. The number of para-hydroxylation sites is 1. The molecule has 3 rings (SSSR count). The van der Waals surface area contributed by atoms with E-state index in [0.717, 1.165) is 30.5 Å². The van der Waals surface area contributed by atoms with Crippen molar-refractivity contribution in [1.82, 2.24) is 9.55 Å². The number of aromatic amines is 1. The van der Waals surface area contributed by atoms with Crippen LogP contribution in [-0.2, 0) is 11.5 Å². The molecule has 0 radical (unpaired) electrons. The van der Waals surface area contributed by atoms with Crippen molar-refractivity contribution in [3.63, 3.8) is 0 Å². The zero-order chi connectivity index (χ0) is 17.7. The third-order valence-electron chi connectivity index (χ3n) is 6.11. The summed E-state index contributed by atoms with van der Waals surface area (Å²) in [7, 11) is 0.197. The highest BCUT2D eigenvalue weighted by Crippen LogP contribution is 2.45. The number of fused-ring (bicyclic) bond motifs is 1. The fourth-order valence-electron chi connectivity index (χ4n) is 3.34. The maximum Gasteiger partial charge on any atom is 0.326 e. The smallest absolute Gasteiger partial charge is 0.326 e. The summed E-state index contributed by atoms with van der Waals surface area (Å²) in [4.78, 5) is 14.8. The number of hydrogen-bond donors (Lipinski definition) is 1. The first-order valence-electron chi connectivity index (χ1n) is 8.92. The first-order chi connectivity index (χ1) is 11.1. The van der Waals surface area contributed by atoms with Gasteiger partial charge in [-0.15, -0.1) is 0 Å². The number of nitrogens with one attached hydrogen (secondary N) is 1. The van der Waals surface area contributed by atoms with Gasteiger partial charge in [-0.2, -0.15) is 0 Å². The first-order valence-corrected chi connectivity index (χ1v) is 11.8. The van der Waals surface area contributed by atoms with Gasteiger partial charge in [-0.1, -0.05) is 32.9 Å². The van der Waals surface area contributed by atoms with Gasteiger partial charge in [0.05, 0.1) is 11.0 Å². The van der Waals surface area contributed by atoms with Gasteiger partial charge in [-0.3, -0.25) is 4.57 Å². The van der Waals surface area contributed by atoms with E-state index in [1.807, 2.05) is 19.2 Å². The van der Waals surface area contributed by atoms with Crippen molar-refractivity contribution < 1.29 is 4.43 Å². The van der Waals surface area contributed by atoms with Crippen LogP contribution in [0.2, 0.25) is 18.1 Å². The summed E-state index contributed by atoms with van der Waals surface area (Å²) in [6.45, 7) is 12.4. The van der Waals surface area contributed by atoms with Crippen molar-refractivity contribution in [2.75, 3.05) is 6.61 Å². The van der Waals surface area contributed by atoms with Crippen LogP contribution in [-0.4, -0.2) is 24.5 Å². The molecule has 1 aromatic heterocycles. The maximum absolute atomic E-state index is 11.9. The van der Waals surface area contributed by atoms with E-state index in [1.54, 1.807) is 4.57 Å². The van der Waals surface area contributed by atoms with Gasteiger partial charge in [0.15, 0.2) is 8.32 Å². The van der Waals surface area contributed by atoms with Crippen LogP contribution in [0.5, 0.6) is 0 Å². The monoisotopic (exact) mass is 346 g/mol. The summed E-state index contributed by atoms with van der Waals surface area (Å²) in [5, 5.41) is 0.269. The average Bonchev–Trinajstić information content (AvgIpc) is 2.72. The molecule has 1 aliphatic rings. The van der Waals surface area contributed by atoms with Crippen LogP contribution in [0.15, 0.2) is 23.0 Å². The molecule has 0 bridgehead atoms. The van der Waals surface area contributed by atoms with Crippen LogP contribution in [0.3, 0.4) is 0 Å². The molecular weight excluding hydrogens is 316 g/mol. The van der Waals surface area contributed by atoms with Crippen molar-refractivity contribution >= 4 is 19.4 Å². The van der Waals surface area contributed by atoms with E-state index in [2.05, 4.69) is 44.9 Å². The standard InChI is InChI=1S/C19H30N2O2Si/c1-19(2,3)24(5,6)23-12-13-10-14(11-13)15-8-7-9-16-17(15)21(4)18(22)20-16/h7-9,13-14H,10-12H2,1-6H3,(H,20,22)/t13-,14-. The van der Waals surface area contributed by atoms with Gasteiger partial charge >= 0.3 is 5.69 Å². The lowest BCUT2D eigenvalue weighted by Crippen LogP contribution is -2.43. The lowest BCUT2D eigenvalue weighted by atomic mass is 9.71. The zero-order valence-electron chi connectivity index (χ0n) is 15.8. The van der Waals surface area contributed by atoms with E-state index in [9.17, 15) is 4.79 Å². The number of hydrogen-bond acceptors (Lipinski definition) is 2. The molecule has 1 N–H and O–H groups in total. The zero-order valence-corrected chi connectivity index (χ0v) is 16.8. The highest BCUT2D eigenvalue weighted by molar-refractivity contribution is 6.74. The number of benzene rings is 1. The minimum atomic E-state index is -1.65. The average molecular weight is 347 g/mol. The second-order valence-electron chi connectivity index (χ2n) is 8.84. The molecule has 0 spiro atoms. The van der Waals surface area contributed by atoms with Gasteiger partial charge in [0.25, 0.3) is 0 Å². The van der Waals surface area contributed by atoms with Gasteiger partial charge in [0.1, 0.15) is 0 Å². The molecule has 0 atom stereocenters. The molecule has 5 heteroatoms. The van der Waals surface area contributed by atoms with Gasteiger partial charge in [-0.05, 0) is 54.4 Å². The molecular formula is C19H30N2O2Si. The van der Waals surface area contributed by atoms with E-state index >= 15 is 0 Å². The first kappa shape index (κ1) is 17.5. The number of nitrogens with zero attached hydrogens (tertiary/aromatic N) is 1. The Morgan fingerprint density at radius 3 is 2.58 bits per heavy atom. The Balaban J connectivity index is 1.67. The van der Waals surface area contributed by atoms with Gasteiger partial charge in [0, 0.05) is 13.7 Å². The molecule has 0 amide bonds. The summed E-state index contributed by atoms with van der Waals surface area (Å²) in [6, 6.07) is 6.20. The fraction of sp³-hybridized carbons (Fsp3) is 0.632. The van der Waals surface area contributed by atoms with Crippen LogP contribution in [0.1, 0.15) is 45.1 Å². The Bertz CT molecular complexity index is 792. The molecule has 24 heavy (non-hydrogen) atoms. The summed E-state index contributed by atoms with van der Waals surface area (Å²) < 4.78 is 8.12. The summed E-state index contributed by atoms with van der Waals surface area (Å²) in [5.41, 5.74) is 3.28. The Morgan fingerprint density at radius 2 is 1.96 bits per heavy atom. The molecule has 1 aliphatic carbocycles. The lowest BCUT2D eigenvalue weighted by Gasteiger charge is -2.41. The van der Waals surface area contributed by atoms with Crippen LogP contribution in [0, 0.1) is 5.92 Å². The largest absolute Gasteiger partial charge is 0.417 e. The van der Waals surface area contributed by atoms with Crippen molar-refractivity contribution in [3.05, 3.63) is 34.2 Å². The molecule has 0 saturated heterocycles. The normalized spacial score (nSPS) is 21.9. The number of aryl methyl sites for hydroxylation is 1. The highest BCUT2D eigenvalue weighted by Gasteiger charge is 2.39. The molecule has 132 valence electrons. The predicted molar refractivity (Wildman–Crippen MR) is 102 cm³/mol. The Hall–Kier alpha value is -1.33. The van der Waals surface area contributed by atoms with E-state index < -0.39 is 8.32 Å². The minimum absolute atomic E-state index is 0.0328. The van der Waals surface area contributed by atoms with Crippen LogP contribution >= 0.6 is 0 Å². The van der Waals surface area contributed by atoms with E-state index in [-0.39, 0.29) is 10.7 Å². The lowest BCUT2D eigenvalue weighted by molar-refractivity contribution is 0.147. The van der Waals surface area contributed by atoms with Crippen LogP contribution in [0.25, 0.3) is 11.0 Å². The van der Waals surface area contributed by atoms with E-state index in [0.29, 0.717) is 11.8 Å². The van der Waals surface area contributed by atoms with Crippen LogP contribution in [0.4, 0.5) is 0 Å². The van der Waals surface area contributed by atoms with Gasteiger partial charge < -0.3 is 9.41 Å². The highest BCUT2D eigenvalue weighted by atomic mass is 28.4. The summed E-state index contributed by atoms with van der Waals surface area (Å²) in [5.74, 6) is 1.19. The molecule has 0 aliphatic heterocycles. The predicted octanol–water partition coefficient (Wildman–Crippen LogP) is 4.38. The molecule has 1 fully saturated rings. The second-order valence-corrected chi connectivity index (χ2v) is 13.6. The number of rotatable bonds is 4. The van der Waals surface area contributed by atoms with Crippen molar-refractivity contribution in [2.45, 2.75) is 57.7 Å². The SMILES string of the molecule is Cn1c(=O)[nH]c2cccc([C@H]3C[C@H](CO[Si](C)(C)C(C)(C)C)C3)c21. The summed E-state index contributed by atoms with van der Waals surface area (Å²) in [6.07, 6.45) is 2.32. The van der Waals surface area contributed by atoms with E-state index in [4.69, 9.17) is 4.43 Å². The van der Waals surface area contributed by atoms with Gasteiger partial charge in [-0.25, -0.2) is 4.79 Å². The molecule has 1 heterocycles. The number of aromatic nitrogens is 2.